The molecule has 6 heteroatoms. The predicted molar refractivity (Wildman–Crippen MR) is 127 cm³/mol. The first-order chi connectivity index (χ1) is 16.6. The summed E-state index contributed by atoms with van der Waals surface area (Å²) >= 11 is 0. The molecular weight excluding hydrogens is 432 g/mol. The summed E-state index contributed by atoms with van der Waals surface area (Å²) in [5.41, 5.74) is 0.273. The Kier molecular flexibility index (Phi) is 6.68. The van der Waals surface area contributed by atoms with E-state index >= 15 is 0 Å². The zero-order valence-electron chi connectivity index (χ0n) is 19.8. The molecule has 1 aliphatic heterocycles. The van der Waals surface area contributed by atoms with Crippen molar-refractivity contribution in [3.8, 4) is 23.0 Å². The standard InChI is InChI=1S/C28H34O6/c1-31-21-13-8-14-22(17-21)32-23-15-16-25-24(18-23)28(19-9-4-2-5-10-19,20-11-6-3-7-12-20)34-27(33-25)26(29)30/h8,13-20,27H,2-7,9-12H2,1H3,(H,29,30). The first kappa shape index (κ1) is 23.0. The van der Waals surface area contributed by atoms with E-state index in [9.17, 15) is 9.90 Å². The number of benzene rings is 2. The molecule has 2 fully saturated rings. The lowest BCUT2D eigenvalue weighted by Crippen LogP contribution is -2.54. The summed E-state index contributed by atoms with van der Waals surface area (Å²) in [4.78, 5) is 12.1. The number of carboxylic acid groups (broad SMARTS) is 1. The van der Waals surface area contributed by atoms with Crippen molar-refractivity contribution in [2.75, 3.05) is 7.11 Å². The SMILES string of the molecule is COc1cccc(Oc2ccc3c(c2)C(C2CCCCC2)(C2CCCCC2)OC(C(=O)O)O3)c1. The molecule has 0 radical (unpaired) electrons. The lowest BCUT2D eigenvalue weighted by molar-refractivity contribution is -0.252. The molecule has 2 aliphatic carbocycles. The second-order valence-corrected chi connectivity index (χ2v) is 9.81. The Balaban J connectivity index is 1.59. The third-order valence-corrected chi connectivity index (χ3v) is 7.81. The molecule has 0 spiro atoms. The molecule has 5 rings (SSSR count). The van der Waals surface area contributed by atoms with Crippen LogP contribution in [-0.4, -0.2) is 24.5 Å². The molecule has 0 bridgehead atoms. The lowest BCUT2D eigenvalue weighted by Gasteiger charge is -2.52. The molecule has 2 saturated carbocycles. The van der Waals surface area contributed by atoms with Crippen molar-refractivity contribution in [2.24, 2.45) is 11.8 Å². The second-order valence-electron chi connectivity index (χ2n) is 9.81. The van der Waals surface area contributed by atoms with E-state index in [4.69, 9.17) is 18.9 Å². The maximum Gasteiger partial charge on any atom is 0.373 e. The molecule has 0 amide bonds. The molecule has 1 atom stereocenters. The molecule has 3 aliphatic rings. The highest BCUT2D eigenvalue weighted by molar-refractivity contribution is 5.72. The molecule has 34 heavy (non-hydrogen) atoms. The van der Waals surface area contributed by atoms with Crippen LogP contribution >= 0.6 is 0 Å². The van der Waals surface area contributed by atoms with Crippen molar-refractivity contribution in [3.05, 3.63) is 48.0 Å². The largest absolute Gasteiger partial charge is 0.497 e. The molecule has 182 valence electrons. The summed E-state index contributed by atoms with van der Waals surface area (Å²) in [6.07, 6.45) is 9.93. The number of methoxy groups -OCH3 is 1. The average molecular weight is 467 g/mol. The van der Waals surface area contributed by atoms with Gasteiger partial charge in [-0.25, -0.2) is 4.79 Å². The monoisotopic (exact) mass is 466 g/mol. The summed E-state index contributed by atoms with van der Waals surface area (Å²) in [7, 11) is 1.63. The third-order valence-electron chi connectivity index (χ3n) is 7.81. The summed E-state index contributed by atoms with van der Waals surface area (Å²) in [6.45, 7) is 0. The fraction of sp³-hybridized carbons (Fsp3) is 0.536. The molecule has 1 unspecified atom stereocenters. The fourth-order valence-corrected chi connectivity index (χ4v) is 6.29. The van der Waals surface area contributed by atoms with Crippen molar-refractivity contribution in [2.45, 2.75) is 76.1 Å². The second kappa shape index (κ2) is 9.87. The maximum absolute atomic E-state index is 12.1. The Morgan fingerprint density at radius 3 is 2.12 bits per heavy atom. The van der Waals surface area contributed by atoms with Crippen LogP contribution in [0.15, 0.2) is 42.5 Å². The number of hydrogen-bond acceptors (Lipinski definition) is 5. The van der Waals surface area contributed by atoms with E-state index in [1.54, 1.807) is 7.11 Å². The van der Waals surface area contributed by atoms with Crippen molar-refractivity contribution < 1.29 is 28.8 Å². The van der Waals surface area contributed by atoms with Crippen molar-refractivity contribution in [1.82, 2.24) is 0 Å². The molecule has 0 aromatic heterocycles. The Morgan fingerprint density at radius 1 is 0.882 bits per heavy atom. The number of hydrogen-bond donors (Lipinski definition) is 1. The van der Waals surface area contributed by atoms with Gasteiger partial charge in [-0.1, -0.05) is 44.6 Å². The minimum atomic E-state index is -1.29. The van der Waals surface area contributed by atoms with Gasteiger partial charge in [0.05, 0.1) is 7.11 Å². The van der Waals surface area contributed by atoms with E-state index in [2.05, 4.69) is 0 Å². The first-order valence-electron chi connectivity index (χ1n) is 12.6. The van der Waals surface area contributed by atoms with E-state index in [1.807, 2.05) is 42.5 Å². The van der Waals surface area contributed by atoms with Gasteiger partial charge in [-0.05, 0) is 67.9 Å². The number of aliphatic carboxylic acids is 1. The summed E-state index contributed by atoms with van der Waals surface area (Å²) < 4.78 is 24.0. The van der Waals surface area contributed by atoms with Crippen LogP contribution in [-0.2, 0) is 15.1 Å². The Morgan fingerprint density at radius 2 is 1.50 bits per heavy atom. The minimum absolute atomic E-state index is 0.265. The van der Waals surface area contributed by atoms with Crippen LogP contribution in [0.4, 0.5) is 0 Å². The first-order valence-corrected chi connectivity index (χ1v) is 12.6. The highest BCUT2D eigenvalue weighted by Gasteiger charge is 2.54. The van der Waals surface area contributed by atoms with Crippen LogP contribution in [0.2, 0.25) is 0 Å². The van der Waals surface area contributed by atoms with Crippen LogP contribution in [0.3, 0.4) is 0 Å². The van der Waals surface area contributed by atoms with Gasteiger partial charge in [0, 0.05) is 11.6 Å². The number of ether oxygens (including phenoxy) is 4. The fourth-order valence-electron chi connectivity index (χ4n) is 6.29. The van der Waals surface area contributed by atoms with Gasteiger partial charge in [0.15, 0.2) is 0 Å². The van der Waals surface area contributed by atoms with Gasteiger partial charge in [-0.15, -0.1) is 0 Å². The highest BCUT2D eigenvalue weighted by Crippen LogP contribution is 2.56. The van der Waals surface area contributed by atoms with E-state index in [0.29, 0.717) is 17.2 Å². The van der Waals surface area contributed by atoms with Gasteiger partial charge in [0.1, 0.15) is 28.6 Å². The maximum atomic E-state index is 12.1. The number of rotatable bonds is 6. The quantitative estimate of drug-likeness (QED) is 0.513. The number of carbonyl (C=O) groups is 1. The van der Waals surface area contributed by atoms with Gasteiger partial charge >= 0.3 is 5.97 Å². The van der Waals surface area contributed by atoms with Crippen LogP contribution < -0.4 is 14.2 Å². The van der Waals surface area contributed by atoms with Crippen LogP contribution in [0, 0.1) is 11.8 Å². The smallest absolute Gasteiger partial charge is 0.373 e. The predicted octanol–water partition coefficient (Wildman–Crippen LogP) is 6.66. The summed E-state index contributed by atoms with van der Waals surface area (Å²) in [5, 5.41) is 9.91. The Labute approximate surface area is 201 Å². The van der Waals surface area contributed by atoms with E-state index in [1.165, 1.54) is 12.8 Å². The van der Waals surface area contributed by atoms with Gasteiger partial charge in [-0.3, -0.25) is 0 Å². The zero-order chi connectivity index (χ0) is 23.5. The molecule has 2 aromatic carbocycles. The average Bonchev–Trinajstić information content (AvgIpc) is 2.89. The topological polar surface area (TPSA) is 74.2 Å². The van der Waals surface area contributed by atoms with Gasteiger partial charge in [0.2, 0.25) is 0 Å². The van der Waals surface area contributed by atoms with Crippen molar-refractivity contribution in [3.63, 3.8) is 0 Å². The van der Waals surface area contributed by atoms with Crippen LogP contribution in [0.5, 0.6) is 23.0 Å². The molecule has 6 nitrogen and oxygen atoms in total. The normalized spacial score (nSPS) is 22.9. The van der Waals surface area contributed by atoms with Gasteiger partial charge < -0.3 is 24.1 Å². The molecule has 1 heterocycles. The Bertz CT molecular complexity index is 988. The number of fused-ring (bicyclic) bond motifs is 1. The number of carboxylic acids is 1. The molecule has 1 N–H and O–H groups in total. The Hall–Kier alpha value is -2.73. The van der Waals surface area contributed by atoms with Crippen LogP contribution in [0.1, 0.15) is 69.8 Å². The lowest BCUT2D eigenvalue weighted by atomic mass is 9.63. The van der Waals surface area contributed by atoms with Gasteiger partial charge in [-0.2, -0.15) is 0 Å². The van der Waals surface area contributed by atoms with E-state index < -0.39 is 17.9 Å². The molecule has 2 aromatic rings. The molecule has 0 saturated heterocycles. The van der Waals surface area contributed by atoms with Gasteiger partial charge in [0.25, 0.3) is 6.29 Å². The highest BCUT2D eigenvalue weighted by atomic mass is 16.7. The minimum Gasteiger partial charge on any atom is -0.497 e. The molecular formula is C28H34O6. The van der Waals surface area contributed by atoms with Crippen LogP contribution in [0.25, 0.3) is 0 Å². The van der Waals surface area contributed by atoms with Crippen molar-refractivity contribution in [1.29, 1.82) is 0 Å². The summed E-state index contributed by atoms with van der Waals surface area (Å²) in [5.74, 6) is 2.16. The third kappa shape index (κ3) is 4.36. The van der Waals surface area contributed by atoms with E-state index in [-0.39, 0.29) is 11.8 Å². The van der Waals surface area contributed by atoms with E-state index in [0.717, 1.165) is 62.7 Å². The van der Waals surface area contributed by atoms with Crippen molar-refractivity contribution >= 4 is 5.97 Å². The summed E-state index contributed by atoms with van der Waals surface area (Å²) in [6, 6.07) is 13.2. The zero-order valence-corrected chi connectivity index (χ0v) is 19.8.